The van der Waals surface area contributed by atoms with Crippen molar-refractivity contribution in [1.29, 1.82) is 0 Å². The lowest BCUT2D eigenvalue weighted by Gasteiger charge is -2.08. The molecule has 5 heteroatoms. The molecule has 0 fully saturated rings. The highest BCUT2D eigenvalue weighted by molar-refractivity contribution is 9.10. The average Bonchev–Trinajstić information content (AvgIpc) is 2.52. The Morgan fingerprint density at radius 2 is 1.81 bits per heavy atom. The Bertz CT molecular complexity index is 577. The number of carbonyl (C=O) groups excluding carboxylic acids is 1. The second-order valence-electron chi connectivity index (χ2n) is 4.23. The van der Waals surface area contributed by atoms with Crippen molar-refractivity contribution in [2.75, 3.05) is 18.9 Å². The fraction of sp³-hybridized carbons (Fsp3) is 0.188. The molecular weight excluding hydrogens is 350 g/mol. The van der Waals surface area contributed by atoms with Gasteiger partial charge in [0.15, 0.2) is 6.61 Å². The minimum atomic E-state index is -0.112. The van der Waals surface area contributed by atoms with Crippen LogP contribution in [-0.2, 0) is 4.79 Å². The standard InChI is InChI=1S/C16H16BrNO2S/c17-14-8-4-5-9-15(14)20-12-16(19)18-10-11-21-13-6-2-1-3-7-13/h1-9H,10-12H2,(H,18,19). The number of amides is 1. The number of benzene rings is 2. The maximum Gasteiger partial charge on any atom is 0.257 e. The van der Waals surface area contributed by atoms with Crippen molar-refractivity contribution in [3.63, 3.8) is 0 Å². The van der Waals surface area contributed by atoms with E-state index in [1.165, 1.54) is 4.90 Å². The maximum absolute atomic E-state index is 11.7. The summed E-state index contributed by atoms with van der Waals surface area (Å²) in [7, 11) is 0. The van der Waals surface area contributed by atoms with Gasteiger partial charge in [-0.25, -0.2) is 0 Å². The molecule has 0 aliphatic heterocycles. The molecule has 0 aliphatic rings. The summed E-state index contributed by atoms with van der Waals surface area (Å²) in [6.45, 7) is 0.649. The fourth-order valence-corrected chi connectivity index (χ4v) is 2.82. The highest BCUT2D eigenvalue weighted by Crippen LogP contribution is 2.23. The highest BCUT2D eigenvalue weighted by Gasteiger charge is 2.04. The smallest absolute Gasteiger partial charge is 0.257 e. The van der Waals surface area contributed by atoms with E-state index < -0.39 is 0 Å². The van der Waals surface area contributed by atoms with Crippen LogP contribution in [0.3, 0.4) is 0 Å². The molecule has 0 saturated carbocycles. The minimum Gasteiger partial charge on any atom is -0.483 e. The second kappa shape index (κ2) is 8.74. The van der Waals surface area contributed by atoms with Crippen molar-refractivity contribution in [1.82, 2.24) is 5.32 Å². The number of rotatable bonds is 7. The summed E-state index contributed by atoms with van der Waals surface area (Å²) in [4.78, 5) is 12.9. The Labute approximate surface area is 137 Å². The van der Waals surface area contributed by atoms with E-state index in [-0.39, 0.29) is 12.5 Å². The van der Waals surface area contributed by atoms with Crippen molar-refractivity contribution < 1.29 is 9.53 Å². The van der Waals surface area contributed by atoms with Gasteiger partial charge in [-0.3, -0.25) is 4.79 Å². The first kappa shape index (κ1) is 15.9. The van der Waals surface area contributed by atoms with Crippen LogP contribution in [0, 0.1) is 0 Å². The molecule has 3 nitrogen and oxygen atoms in total. The lowest BCUT2D eigenvalue weighted by atomic mass is 10.3. The fourth-order valence-electron chi connectivity index (χ4n) is 1.63. The first-order chi connectivity index (χ1) is 10.3. The number of ether oxygens (including phenoxy) is 1. The Kier molecular flexibility index (Phi) is 6.63. The van der Waals surface area contributed by atoms with E-state index in [0.29, 0.717) is 12.3 Å². The minimum absolute atomic E-state index is 0.0264. The number of halogens is 1. The molecule has 0 saturated heterocycles. The Hall–Kier alpha value is -1.46. The van der Waals surface area contributed by atoms with Crippen molar-refractivity contribution in [2.45, 2.75) is 4.90 Å². The van der Waals surface area contributed by atoms with E-state index in [0.717, 1.165) is 10.2 Å². The van der Waals surface area contributed by atoms with Gasteiger partial charge in [0.1, 0.15) is 5.75 Å². The zero-order valence-corrected chi connectivity index (χ0v) is 13.8. The van der Waals surface area contributed by atoms with Crippen LogP contribution < -0.4 is 10.1 Å². The number of carbonyl (C=O) groups is 1. The lowest BCUT2D eigenvalue weighted by Crippen LogP contribution is -2.30. The summed E-state index contributed by atoms with van der Waals surface area (Å²) >= 11 is 5.09. The van der Waals surface area contributed by atoms with Gasteiger partial charge in [0, 0.05) is 17.2 Å². The molecule has 1 N–H and O–H groups in total. The lowest BCUT2D eigenvalue weighted by molar-refractivity contribution is -0.122. The summed E-state index contributed by atoms with van der Waals surface area (Å²) in [5.74, 6) is 1.40. The molecule has 0 radical (unpaired) electrons. The molecule has 0 heterocycles. The van der Waals surface area contributed by atoms with Gasteiger partial charge >= 0.3 is 0 Å². The molecule has 2 aromatic rings. The van der Waals surface area contributed by atoms with Crippen molar-refractivity contribution in [2.24, 2.45) is 0 Å². The van der Waals surface area contributed by atoms with Crippen LogP contribution in [-0.4, -0.2) is 24.8 Å². The normalized spacial score (nSPS) is 10.1. The van der Waals surface area contributed by atoms with Crippen LogP contribution in [0.1, 0.15) is 0 Å². The SMILES string of the molecule is O=C(COc1ccccc1Br)NCCSc1ccccc1. The number of hydrogen-bond donors (Lipinski definition) is 1. The van der Waals surface area contributed by atoms with Gasteiger partial charge in [-0.2, -0.15) is 0 Å². The van der Waals surface area contributed by atoms with Gasteiger partial charge in [0.2, 0.25) is 0 Å². The zero-order valence-electron chi connectivity index (χ0n) is 11.4. The van der Waals surface area contributed by atoms with E-state index in [4.69, 9.17) is 4.74 Å². The van der Waals surface area contributed by atoms with E-state index >= 15 is 0 Å². The molecule has 0 unspecified atom stereocenters. The topological polar surface area (TPSA) is 38.3 Å². The molecule has 110 valence electrons. The molecule has 0 aliphatic carbocycles. The summed E-state index contributed by atoms with van der Waals surface area (Å²) in [6, 6.07) is 17.6. The predicted octanol–water partition coefficient (Wildman–Crippen LogP) is 3.74. The summed E-state index contributed by atoms with van der Waals surface area (Å²) in [6.07, 6.45) is 0. The van der Waals surface area contributed by atoms with E-state index in [2.05, 4.69) is 33.4 Å². The van der Waals surface area contributed by atoms with E-state index in [1.54, 1.807) is 11.8 Å². The summed E-state index contributed by atoms with van der Waals surface area (Å²) in [5, 5.41) is 2.84. The molecule has 2 rings (SSSR count). The van der Waals surface area contributed by atoms with Crippen molar-refractivity contribution in [3.8, 4) is 5.75 Å². The third-order valence-electron chi connectivity index (χ3n) is 2.63. The second-order valence-corrected chi connectivity index (χ2v) is 6.25. The summed E-state index contributed by atoms with van der Waals surface area (Å²) < 4.78 is 6.29. The monoisotopic (exact) mass is 365 g/mol. The van der Waals surface area contributed by atoms with Crippen LogP contribution in [0.15, 0.2) is 64.0 Å². The average molecular weight is 366 g/mol. The number of thioether (sulfide) groups is 1. The van der Waals surface area contributed by atoms with Crippen molar-refractivity contribution >= 4 is 33.6 Å². The molecule has 1 amide bonds. The van der Waals surface area contributed by atoms with E-state index in [9.17, 15) is 4.79 Å². The number of nitrogens with one attached hydrogen (secondary N) is 1. The van der Waals surface area contributed by atoms with Crippen molar-refractivity contribution in [3.05, 3.63) is 59.1 Å². The number of para-hydroxylation sites is 1. The first-order valence-corrected chi connectivity index (χ1v) is 8.35. The van der Waals surface area contributed by atoms with Gasteiger partial charge in [0.05, 0.1) is 4.47 Å². The molecule has 0 aromatic heterocycles. The largest absolute Gasteiger partial charge is 0.483 e. The predicted molar refractivity (Wildman–Crippen MR) is 89.8 cm³/mol. The Morgan fingerprint density at radius 1 is 1.10 bits per heavy atom. The third kappa shape index (κ3) is 5.81. The zero-order chi connectivity index (χ0) is 14.9. The van der Waals surface area contributed by atoms with Gasteiger partial charge in [-0.1, -0.05) is 30.3 Å². The van der Waals surface area contributed by atoms with Crippen LogP contribution in [0.25, 0.3) is 0 Å². The van der Waals surface area contributed by atoms with Crippen LogP contribution >= 0.6 is 27.7 Å². The maximum atomic E-state index is 11.7. The molecule has 0 atom stereocenters. The quantitative estimate of drug-likeness (QED) is 0.599. The highest BCUT2D eigenvalue weighted by atomic mass is 79.9. The molecule has 2 aromatic carbocycles. The van der Waals surface area contributed by atoms with Crippen LogP contribution in [0.4, 0.5) is 0 Å². The van der Waals surface area contributed by atoms with Gasteiger partial charge in [0.25, 0.3) is 5.91 Å². The molecule has 0 spiro atoms. The first-order valence-electron chi connectivity index (χ1n) is 6.57. The number of hydrogen-bond acceptors (Lipinski definition) is 3. The third-order valence-corrected chi connectivity index (χ3v) is 4.30. The van der Waals surface area contributed by atoms with E-state index in [1.807, 2.05) is 42.5 Å². The van der Waals surface area contributed by atoms with Gasteiger partial charge in [-0.05, 0) is 40.2 Å². The Morgan fingerprint density at radius 3 is 2.57 bits per heavy atom. The molecular formula is C16H16BrNO2S. The summed E-state index contributed by atoms with van der Waals surface area (Å²) in [5.41, 5.74) is 0. The van der Waals surface area contributed by atoms with Crippen LogP contribution in [0.2, 0.25) is 0 Å². The van der Waals surface area contributed by atoms with Crippen LogP contribution in [0.5, 0.6) is 5.75 Å². The van der Waals surface area contributed by atoms with Gasteiger partial charge in [-0.15, -0.1) is 11.8 Å². The molecule has 21 heavy (non-hydrogen) atoms. The van der Waals surface area contributed by atoms with Gasteiger partial charge < -0.3 is 10.1 Å². The Balaban J connectivity index is 1.63. The molecule has 0 bridgehead atoms.